The molecule has 0 bridgehead atoms. The van der Waals surface area contributed by atoms with E-state index in [1.54, 1.807) is 11.8 Å². The van der Waals surface area contributed by atoms with Crippen LogP contribution in [0.2, 0.25) is 0 Å². The normalized spacial score (nSPS) is 17.2. The molecule has 3 rings (SSSR count). The van der Waals surface area contributed by atoms with Crippen LogP contribution in [0.3, 0.4) is 0 Å². The monoisotopic (exact) mass is 257 g/mol. The number of rotatable bonds is 3. The number of benzene rings is 2. The van der Waals surface area contributed by atoms with Crippen LogP contribution in [-0.2, 0) is 6.42 Å². The van der Waals surface area contributed by atoms with Gasteiger partial charge in [-0.15, -0.1) is 11.8 Å². The Morgan fingerprint density at radius 2 is 2.06 bits per heavy atom. The Morgan fingerprint density at radius 1 is 1.17 bits per heavy atom. The van der Waals surface area contributed by atoms with E-state index in [0.717, 1.165) is 23.6 Å². The van der Waals surface area contributed by atoms with Crippen molar-refractivity contribution in [1.29, 1.82) is 0 Å². The number of nitrogens with two attached hydrogens (primary N) is 1. The van der Waals surface area contributed by atoms with Gasteiger partial charge in [-0.3, -0.25) is 0 Å². The SMILES string of the molecule is Nc1cccc(SCC2Cc3ccccc3O2)c1. The molecule has 2 aromatic carbocycles. The lowest BCUT2D eigenvalue weighted by molar-refractivity contribution is 0.259. The van der Waals surface area contributed by atoms with Crippen LogP contribution >= 0.6 is 11.8 Å². The third kappa shape index (κ3) is 2.46. The van der Waals surface area contributed by atoms with Crippen molar-refractivity contribution < 1.29 is 4.74 Å². The average molecular weight is 257 g/mol. The molecule has 0 amide bonds. The van der Waals surface area contributed by atoms with Crippen LogP contribution in [0.25, 0.3) is 0 Å². The summed E-state index contributed by atoms with van der Waals surface area (Å²) >= 11 is 1.80. The molecule has 1 heterocycles. The number of fused-ring (bicyclic) bond motifs is 1. The number of nitrogen functional groups attached to an aromatic ring is 1. The van der Waals surface area contributed by atoms with Crippen LogP contribution in [0.5, 0.6) is 5.75 Å². The summed E-state index contributed by atoms with van der Waals surface area (Å²) in [6, 6.07) is 16.3. The summed E-state index contributed by atoms with van der Waals surface area (Å²) in [7, 11) is 0. The van der Waals surface area contributed by atoms with Crippen molar-refractivity contribution in [3.05, 3.63) is 54.1 Å². The fourth-order valence-corrected chi connectivity index (χ4v) is 3.10. The predicted octanol–water partition coefficient (Wildman–Crippen LogP) is 3.36. The quantitative estimate of drug-likeness (QED) is 0.676. The van der Waals surface area contributed by atoms with Gasteiger partial charge in [-0.25, -0.2) is 0 Å². The van der Waals surface area contributed by atoms with Crippen molar-refractivity contribution in [3.63, 3.8) is 0 Å². The predicted molar refractivity (Wildman–Crippen MR) is 76.1 cm³/mol. The molecule has 0 radical (unpaired) electrons. The molecule has 0 aromatic heterocycles. The van der Waals surface area contributed by atoms with Crippen LogP contribution < -0.4 is 10.5 Å². The van der Waals surface area contributed by atoms with Gasteiger partial charge in [0, 0.05) is 22.8 Å². The number of thioether (sulfide) groups is 1. The largest absolute Gasteiger partial charge is 0.489 e. The minimum absolute atomic E-state index is 0.272. The highest BCUT2D eigenvalue weighted by atomic mass is 32.2. The fourth-order valence-electron chi connectivity index (χ4n) is 2.14. The van der Waals surface area contributed by atoms with Gasteiger partial charge in [0.1, 0.15) is 11.9 Å². The Hall–Kier alpha value is -1.61. The Kier molecular flexibility index (Phi) is 3.15. The molecular formula is C15H15NOS. The standard InChI is InChI=1S/C15H15NOS/c16-12-5-3-6-14(9-12)18-10-13-8-11-4-1-2-7-15(11)17-13/h1-7,9,13H,8,10,16H2. The molecule has 2 nitrogen and oxygen atoms in total. The summed E-state index contributed by atoms with van der Waals surface area (Å²) in [4.78, 5) is 1.20. The van der Waals surface area contributed by atoms with Crippen LogP contribution in [0, 0.1) is 0 Å². The van der Waals surface area contributed by atoms with Gasteiger partial charge in [0.05, 0.1) is 0 Å². The Morgan fingerprint density at radius 3 is 2.89 bits per heavy atom. The Labute approximate surface area is 111 Å². The number of para-hydroxylation sites is 1. The zero-order chi connectivity index (χ0) is 12.4. The summed E-state index contributed by atoms with van der Waals surface area (Å²) < 4.78 is 5.91. The first-order chi connectivity index (χ1) is 8.81. The third-order valence-electron chi connectivity index (χ3n) is 3.01. The zero-order valence-electron chi connectivity index (χ0n) is 10.0. The Bertz CT molecular complexity index is 531. The van der Waals surface area contributed by atoms with Crippen molar-refractivity contribution in [3.8, 4) is 5.75 Å². The minimum atomic E-state index is 0.272. The zero-order valence-corrected chi connectivity index (χ0v) is 10.8. The molecule has 0 aliphatic carbocycles. The van der Waals surface area contributed by atoms with Gasteiger partial charge < -0.3 is 10.5 Å². The third-order valence-corrected chi connectivity index (χ3v) is 4.13. The maximum absolute atomic E-state index is 5.91. The molecular weight excluding hydrogens is 242 g/mol. The highest BCUT2D eigenvalue weighted by Crippen LogP contribution is 2.31. The highest BCUT2D eigenvalue weighted by molar-refractivity contribution is 7.99. The maximum atomic E-state index is 5.91. The second-order valence-corrected chi connectivity index (χ2v) is 5.53. The molecule has 1 unspecified atom stereocenters. The van der Waals surface area contributed by atoms with E-state index in [9.17, 15) is 0 Å². The van der Waals surface area contributed by atoms with Crippen LogP contribution in [-0.4, -0.2) is 11.9 Å². The lowest BCUT2D eigenvalue weighted by Crippen LogP contribution is -2.15. The van der Waals surface area contributed by atoms with Crippen LogP contribution in [0.15, 0.2) is 53.4 Å². The number of ether oxygens (including phenoxy) is 1. The second kappa shape index (κ2) is 4.94. The van der Waals surface area contributed by atoms with E-state index < -0.39 is 0 Å². The van der Waals surface area contributed by atoms with Crippen molar-refractivity contribution in [2.24, 2.45) is 0 Å². The van der Waals surface area contributed by atoms with E-state index in [4.69, 9.17) is 10.5 Å². The van der Waals surface area contributed by atoms with Gasteiger partial charge in [-0.2, -0.15) is 0 Å². The molecule has 18 heavy (non-hydrogen) atoms. The average Bonchev–Trinajstić information content (AvgIpc) is 2.79. The van der Waals surface area contributed by atoms with E-state index >= 15 is 0 Å². The molecule has 92 valence electrons. The van der Waals surface area contributed by atoms with E-state index in [2.05, 4.69) is 18.2 Å². The summed E-state index contributed by atoms with van der Waals surface area (Å²) in [5.41, 5.74) is 7.90. The number of anilines is 1. The van der Waals surface area contributed by atoms with Gasteiger partial charge >= 0.3 is 0 Å². The fraction of sp³-hybridized carbons (Fsp3) is 0.200. The van der Waals surface area contributed by atoms with Crippen molar-refractivity contribution >= 4 is 17.4 Å². The number of hydrogen-bond donors (Lipinski definition) is 1. The number of hydrogen-bond acceptors (Lipinski definition) is 3. The van der Waals surface area contributed by atoms with Gasteiger partial charge in [-0.05, 0) is 29.8 Å². The van der Waals surface area contributed by atoms with Crippen molar-refractivity contribution in [1.82, 2.24) is 0 Å². The summed E-state index contributed by atoms with van der Waals surface area (Å²) in [6.07, 6.45) is 1.28. The van der Waals surface area contributed by atoms with E-state index in [1.807, 2.05) is 30.3 Å². The van der Waals surface area contributed by atoms with Gasteiger partial charge in [0.25, 0.3) is 0 Å². The lowest BCUT2D eigenvalue weighted by Gasteiger charge is -2.10. The van der Waals surface area contributed by atoms with Gasteiger partial charge in [-0.1, -0.05) is 24.3 Å². The molecule has 1 atom stereocenters. The molecule has 0 spiro atoms. The smallest absolute Gasteiger partial charge is 0.123 e. The van der Waals surface area contributed by atoms with Crippen LogP contribution in [0.4, 0.5) is 5.69 Å². The lowest BCUT2D eigenvalue weighted by atomic mass is 10.1. The molecule has 0 saturated heterocycles. The van der Waals surface area contributed by atoms with E-state index in [1.165, 1.54) is 10.5 Å². The molecule has 0 saturated carbocycles. The van der Waals surface area contributed by atoms with Crippen molar-refractivity contribution in [2.75, 3.05) is 11.5 Å². The Balaban J connectivity index is 1.60. The topological polar surface area (TPSA) is 35.2 Å². The summed E-state index contributed by atoms with van der Waals surface area (Å²) in [6.45, 7) is 0. The highest BCUT2D eigenvalue weighted by Gasteiger charge is 2.22. The summed E-state index contributed by atoms with van der Waals surface area (Å²) in [5.74, 6) is 1.99. The molecule has 0 fully saturated rings. The second-order valence-electron chi connectivity index (χ2n) is 4.44. The molecule has 2 aromatic rings. The molecule has 1 aliphatic rings. The van der Waals surface area contributed by atoms with Gasteiger partial charge in [0.15, 0.2) is 0 Å². The molecule has 1 aliphatic heterocycles. The molecule has 3 heteroatoms. The van der Waals surface area contributed by atoms with Crippen LogP contribution in [0.1, 0.15) is 5.56 Å². The summed E-state index contributed by atoms with van der Waals surface area (Å²) in [5, 5.41) is 0. The first-order valence-corrected chi connectivity index (χ1v) is 7.03. The maximum Gasteiger partial charge on any atom is 0.123 e. The first kappa shape index (κ1) is 11.5. The molecule has 2 N–H and O–H groups in total. The minimum Gasteiger partial charge on any atom is -0.489 e. The van der Waals surface area contributed by atoms with Gasteiger partial charge in [0.2, 0.25) is 0 Å². The first-order valence-electron chi connectivity index (χ1n) is 6.04. The van der Waals surface area contributed by atoms with Crippen molar-refractivity contribution in [2.45, 2.75) is 17.4 Å². The van der Waals surface area contributed by atoms with E-state index in [-0.39, 0.29) is 6.10 Å². The van der Waals surface area contributed by atoms with E-state index in [0.29, 0.717) is 0 Å².